The molecule has 2 N–H and O–H groups in total. The molecule has 0 spiro atoms. The van der Waals surface area contributed by atoms with Crippen LogP contribution in [0.5, 0.6) is 0 Å². The largest absolute Gasteiger partial charge is 0.376 e. The lowest BCUT2D eigenvalue weighted by atomic mass is 9.88. The van der Waals surface area contributed by atoms with Crippen LogP contribution in [0.15, 0.2) is 24.3 Å². The predicted molar refractivity (Wildman–Crippen MR) is 70.7 cm³/mol. The molecule has 3 heteroatoms. The fraction of sp³-hybridized carbons (Fsp3) is 0.600. The molecular formula is C15H22FNO. The summed E-state index contributed by atoms with van der Waals surface area (Å²) in [6.45, 7) is 2.70. The van der Waals surface area contributed by atoms with Crippen molar-refractivity contribution in [3.63, 3.8) is 0 Å². The number of halogens is 1. The normalized spacial score (nSPS) is 25.9. The van der Waals surface area contributed by atoms with Gasteiger partial charge in [-0.3, -0.25) is 0 Å². The standard InChI is InChI=1S/C15H22FNO/c1-11-5-2-3-8-15(11)18-10-14(17)12-6-4-7-13(16)9-12/h4,6-7,9,11,14-15H,2-3,5,8,10,17H2,1H3. The van der Waals surface area contributed by atoms with E-state index in [0.29, 0.717) is 18.6 Å². The highest BCUT2D eigenvalue weighted by molar-refractivity contribution is 5.19. The summed E-state index contributed by atoms with van der Waals surface area (Å²) in [5.41, 5.74) is 6.84. The Bertz CT molecular complexity index is 383. The molecule has 0 amide bonds. The average molecular weight is 251 g/mol. The lowest BCUT2D eigenvalue weighted by Gasteiger charge is -2.29. The van der Waals surface area contributed by atoms with Crippen LogP contribution in [0.4, 0.5) is 4.39 Å². The van der Waals surface area contributed by atoms with Gasteiger partial charge in [-0.25, -0.2) is 4.39 Å². The maximum absolute atomic E-state index is 13.1. The van der Waals surface area contributed by atoms with Crippen molar-refractivity contribution in [2.24, 2.45) is 11.7 Å². The second-order valence-electron chi connectivity index (χ2n) is 5.30. The fourth-order valence-electron chi connectivity index (χ4n) is 2.59. The molecule has 3 atom stereocenters. The summed E-state index contributed by atoms with van der Waals surface area (Å²) in [7, 11) is 0. The van der Waals surface area contributed by atoms with Gasteiger partial charge in [-0.05, 0) is 36.5 Å². The topological polar surface area (TPSA) is 35.2 Å². The van der Waals surface area contributed by atoms with Crippen molar-refractivity contribution in [3.05, 3.63) is 35.6 Å². The third-order valence-corrected chi connectivity index (χ3v) is 3.80. The molecule has 0 aliphatic heterocycles. The smallest absolute Gasteiger partial charge is 0.123 e. The first-order valence-electron chi connectivity index (χ1n) is 6.79. The van der Waals surface area contributed by atoms with Crippen LogP contribution in [0, 0.1) is 11.7 Å². The van der Waals surface area contributed by atoms with Crippen molar-refractivity contribution in [2.45, 2.75) is 44.8 Å². The van der Waals surface area contributed by atoms with Gasteiger partial charge in [0.15, 0.2) is 0 Å². The number of rotatable bonds is 4. The zero-order valence-corrected chi connectivity index (χ0v) is 10.9. The zero-order chi connectivity index (χ0) is 13.0. The molecule has 0 radical (unpaired) electrons. The first-order chi connectivity index (χ1) is 8.66. The quantitative estimate of drug-likeness (QED) is 0.890. The minimum absolute atomic E-state index is 0.241. The van der Waals surface area contributed by atoms with E-state index in [4.69, 9.17) is 10.5 Å². The number of benzene rings is 1. The van der Waals surface area contributed by atoms with Gasteiger partial charge in [0, 0.05) is 0 Å². The van der Waals surface area contributed by atoms with Gasteiger partial charge in [0.2, 0.25) is 0 Å². The number of hydrogen-bond donors (Lipinski definition) is 1. The Hall–Kier alpha value is -0.930. The molecule has 1 saturated carbocycles. The highest BCUT2D eigenvalue weighted by atomic mass is 19.1. The summed E-state index contributed by atoms with van der Waals surface area (Å²) in [5.74, 6) is 0.368. The molecular weight excluding hydrogens is 229 g/mol. The van der Waals surface area contributed by atoms with Crippen molar-refractivity contribution in [2.75, 3.05) is 6.61 Å². The molecule has 1 aliphatic rings. The molecule has 0 bridgehead atoms. The molecule has 18 heavy (non-hydrogen) atoms. The minimum Gasteiger partial charge on any atom is -0.376 e. The second kappa shape index (κ2) is 6.30. The molecule has 100 valence electrons. The van der Waals surface area contributed by atoms with Gasteiger partial charge in [0.25, 0.3) is 0 Å². The number of ether oxygens (including phenoxy) is 1. The summed E-state index contributed by atoms with van der Waals surface area (Å²) in [4.78, 5) is 0. The molecule has 1 fully saturated rings. The van der Waals surface area contributed by atoms with Crippen molar-refractivity contribution in [1.29, 1.82) is 0 Å². The van der Waals surface area contributed by atoms with E-state index < -0.39 is 0 Å². The molecule has 3 unspecified atom stereocenters. The van der Waals surface area contributed by atoms with E-state index in [0.717, 1.165) is 12.0 Å². The summed E-state index contributed by atoms with van der Waals surface area (Å²) in [5, 5.41) is 0. The van der Waals surface area contributed by atoms with Crippen LogP contribution in [0.25, 0.3) is 0 Å². The van der Waals surface area contributed by atoms with Crippen LogP contribution in [-0.2, 0) is 4.74 Å². The van der Waals surface area contributed by atoms with E-state index in [1.165, 1.54) is 31.4 Å². The molecule has 0 aromatic heterocycles. The molecule has 2 rings (SSSR count). The molecule has 1 aromatic rings. The van der Waals surface area contributed by atoms with E-state index in [2.05, 4.69) is 6.92 Å². The lowest BCUT2D eigenvalue weighted by Crippen LogP contribution is -2.29. The molecule has 1 aromatic carbocycles. The van der Waals surface area contributed by atoms with Gasteiger partial charge < -0.3 is 10.5 Å². The van der Waals surface area contributed by atoms with Crippen molar-refractivity contribution in [1.82, 2.24) is 0 Å². The van der Waals surface area contributed by atoms with E-state index >= 15 is 0 Å². The molecule has 1 aliphatic carbocycles. The Morgan fingerprint density at radius 2 is 2.17 bits per heavy atom. The fourth-order valence-corrected chi connectivity index (χ4v) is 2.59. The van der Waals surface area contributed by atoms with Gasteiger partial charge in [-0.1, -0.05) is 31.9 Å². The van der Waals surface area contributed by atoms with Gasteiger partial charge >= 0.3 is 0 Å². The molecule has 0 saturated heterocycles. The van der Waals surface area contributed by atoms with Gasteiger partial charge in [-0.15, -0.1) is 0 Å². The first-order valence-corrected chi connectivity index (χ1v) is 6.79. The molecule has 2 nitrogen and oxygen atoms in total. The lowest BCUT2D eigenvalue weighted by molar-refractivity contribution is -0.0113. The Kier molecular flexibility index (Phi) is 4.72. The van der Waals surface area contributed by atoms with Crippen LogP contribution in [-0.4, -0.2) is 12.7 Å². The summed E-state index contributed by atoms with van der Waals surface area (Å²) in [6.07, 6.45) is 5.22. The third kappa shape index (κ3) is 3.53. The maximum Gasteiger partial charge on any atom is 0.123 e. The Labute approximate surface area is 108 Å². The predicted octanol–water partition coefficient (Wildman–Crippen LogP) is 3.42. The monoisotopic (exact) mass is 251 g/mol. The van der Waals surface area contributed by atoms with Gasteiger partial charge in [0.1, 0.15) is 5.82 Å². The highest BCUT2D eigenvalue weighted by Crippen LogP contribution is 2.27. The van der Waals surface area contributed by atoms with E-state index in [1.807, 2.05) is 6.07 Å². The summed E-state index contributed by atoms with van der Waals surface area (Å²) in [6, 6.07) is 6.21. The van der Waals surface area contributed by atoms with E-state index in [9.17, 15) is 4.39 Å². The molecule has 0 heterocycles. The van der Waals surface area contributed by atoms with E-state index in [1.54, 1.807) is 6.07 Å². The number of nitrogens with two attached hydrogens (primary N) is 1. The second-order valence-corrected chi connectivity index (χ2v) is 5.30. The Balaban J connectivity index is 1.86. The highest BCUT2D eigenvalue weighted by Gasteiger charge is 2.22. The van der Waals surface area contributed by atoms with Gasteiger partial charge in [0.05, 0.1) is 18.8 Å². The SMILES string of the molecule is CC1CCCCC1OCC(N)c1cccc(F)c1. The van der Waals surface area contributed by atoms with Gasteiger partial charge in [-0.2, -0.15) is 0 Å². The summed E-state index contributed by atoms with van der Waals surface area (Å²) >= 11 is 0. The van der Waals surface area contributed by atoms with Crippen LogP contribution in [0.3, 0.4) is 0 Å². The van der Waals surface area contributed by atoms with Crippen molar-refractivity contribution >= 4 is 0 Å². The van der Waals surface area contributed by atoms with E-state index in [-0.39, 0.29) is 11.9 Å². The average Bonchev–Trinajstić information content (AvgIpc) is 2.37. The summed E-state index contributed by atoms with van der Waals surface area (Å²) < 4.78 is 19.0. The van der Waals surface area contributed by atoms with Crippen LogP contribution < -0.4 is 5.73 Å². The maximum atomic E-state index is 13.1. The first kappa shape index (κ1) is 13.5. The van der Waals surface area contributed by atoms with Crippen LogP contribution in [0.1, 0.15) is 44.2 Å². The minimum atomic E-state index is -0.242. The van der Waals surface area contributed by atoms with Crippen LogP contribution in [0.2, 0.25) is 0 Å². The van der Waals surface area contributed by atoms with Crippen molar-refractivity contribution < 1.29 is 9.13 Å². The number of hydrogen-bond acceptors (Lipinski definition) is 2. The Morgan fingerprint density at radius 1 is 1.39 bits per heavy atom. The Morgan fingerprint density at radius 3 is 2.89 bits per heavy atom. The zero-order valence-electron chi connectivity index (χ0n) is 10.9. The third-order valence-electron chi connectivity index (χ3n) is 3.80. The van der Waals surface area contributed by atoms with Crippen LogP contribution >= 0.6 is 0 Å². The van der Waals surface area contributed by atoms with Crippen molar-refractivity contribution in [3.8, 4) is 0 Å².